The van der Waals surface area contributed by atoms with Crippen molar-refractivity contribution in [3.63, 3.8) is 0 Å². The second-order valence-electron chi connectivity index (χ2n) is 6.52. The molecule has 1 fully saturated rings. The van der Waals surface area contributed by atoms with Crippen molar-refractivity contribution in [1.82, 2.24) is 4.98 Å². The van der Waals surface area contributed by atoms with Crippen LogP contribution in [0.5, 0.6) is 0 Å². The zero-order valence-electron chi connectivity index (χ0n) is 12.0. The van der Waals surface area contributed by atoms with E-state index in [1.165, 1.54) is 17.7 Å². The van der Waals surface area contributed by atoms with Crippen LogP contribution in [0.1, 0.15) is 55.1 Å². The summed E-state index contributed by atoms with van der Waals surface area (Å²) in [7, 11) is 0. The molecule has 1 saturated carbocycles. The van der Waals surface area contributed by atoms with E-state index in [2.05, 4.69) is 25.8 Å². The van der Waals surface area contributed by atoms with Crippen molar-refractivity contribution in [1.29, 1.82) is 0 Å². The van der Waals surface area contributed by atoms with Crippen molar-refractivity contribution in [2.24, 2.45) is 11.3 Å². The van der Waals surface area contributed by atoms with E-state index in [0.29, 0.717) is 11.3 Å². The van der Waals surface area contributed by atoms with Gasteiger partial charge >= 0.3 is 0 Å². The summed E-state index contributed by atoms with van der Waals surface area (Å²) in [6, 6.07) is 0. The topological polar surface area (TPSA) is 33.1 Å². The van der Waals surface area contributed by atoms with Crippen molar-refractivity contribution in [2.75, 3.05) is 0 Å². The normalized spacial score (nSPS) is 22.1. The van der Waals surface area contributed by atoms with Gasteiger partial charge in [0.15, 0.2) is 0 Å². The molecule has 1 aliphatic rings. The Hall–Kier alpha value is -0.410. The van der Waals surface area contributed by atoms with Gasteiger partial charge in [0.2, 0.25) is 0 Å². The lowest BCUT2D eigenvalue weighted by molar-refractivity contribution is 0.0576. The minimum atomic E-state index is -0.203. The fraction of sp³-hybridized carbons (Fsp3) is 0.800. The van der Waals surface area contributed by atoms with Crippen LogP contribution in [-0.2, 0) is 6.42 Å². The molecule has 0 aromatic carbocycles. The van der Waals surface area contributed by atoms with Gasteiger partial charge in [-0.05, 0) is 50.9 Å². The van der Waals surface area contributed by atoms with Gasteiger partial charge in [-0.3, -0.25) is 0 Å². The third kappa shape index (κ3) is 3.33. The Morgan fingerprint density at radius 3 is 2.44 bits per heavy atom. The molecule has 0 amide bonds. The molecule has 1 atom stereocenters. The van der Waals surface area contributed by atoms with Crippen LogP contribution in [0.15, 0.2) is 0 Å². The van der Waals surface area contributed by atoms with Crippen LogP contribution in [0.25, 0.3) is 0 Å². The quantitative estimate of drug-likeness (QED) is 0.901. The van der Waals surface area contributed by atoms with Crippen LogP contribution in [0.3, 0.4) is 0 Å². The molecule has 102 valence electrons. The molecule has 1 heterocycles. The Morgan fingerprint density at radius 1 is 1.33 bits per heavy atom. The Balaban J connectivity index is 1.90. The van der Waals surface area contributed by atoms with Gasteiger partial charge in [-0.25, -0.2) is 4.98 Å². The molecule has 1 aromatic heterocycles. The zero-order chi connectivity index (χ0) is 13.3. The summed E-state index contributed by atoms with van der Waals surface area (Å²) in [6.45, 7) is 8.82. The second kappa shape index (κ2) is 5.30. The number of aliphatic hydroxyl groups is 1. The molecule has 1 aromatic rings. The van der Waals surface area contributed by atoms with Crippen LogP contribution < -0.4 is 0 Å². The van der Waals surface area contributed by atoms with Gasteiger partial charge in [-0.2, -0.15) is 0 Å². The van der Waals surface area contributed by atoms with Crippen molar-refractivity contribution in [3.8, 4) is 0 Å². The van der Waals surface area contributed by atoms with Crippen molar-refractivity contribution >= 4 is 11.3 Å². The summed E-state index contributed by atoms with van der Waals surface area (Å²) >= 11 is 1.74. The number of aryl methyl sites for hydroxylation is 2. The van der Waals surface area contributed by atoms with Crippen LogP contribution >= 0.6 is 11.3 Å². The van der Waals surface area contributed by atoms with E-state index in [0.717, 1.165) is 30.0 Å². The summed E-state index contributed by atoms with van der Waals surface area (Å²) in [6.07, 6.45) is 5.35. The van der Waals surface area contributed by atoms with Gasteiger partial charge in [-0.1, -0.05) is 13.8 Å². The van der Waals surface area contributed by atoms with Crippen molar-refractivity contribution < 1.29 is 5.11 Å². The minimum Gasteiger partial charge on any atom is -0.392 e. The summed E-state index contributed by atoms with van der Waals surface area (Å²) in [5.74, 6) is 0.475. The molecule has 0 saturated heterocycles. The SMILES string of the molecule is Cc1nc(CC(O)C2CCC(C)(C)CC2)sc1C. The highest BCUT2D eigenvalue weighted by atomic mass is 32.1. The Kier molecular flexibility index (Phi) is 4.12. The number of aliphatic hydroxyl groups excluding tert-OH is 1. The largest absolute Gasteiger partial charge is 0.392 e. The Morgan fingerprint density at radius 2 is 1.94 bits per heavy atom. The lowest BCUT2D eigenvalue weighted by Gasteiger charge is -2.36. The highest BCUT2D eigenvalue weighted by Crippen LogP contribution is 2.39. The van der Waals surface area contributed by atoms with E-state index in [4.69, 9.17) is 0 Å². The standard InChI is InChI=1S/C15H25NOS/c1-10-11(2)18-14(16-10)9-13(17)12-5-7-15(3,4)8-6-12/h12-13,17H,5-9H2,1-4H3. The maximum atomic E-state index is 10.4. The van der Waals surface area contributed by atoms with Crippen LogP contribution in [0, 0.1) is 25.2 Å². The molecule has 3 heteroatoms. The monoisotopic (exact) mass is 267 g/mol. The van der Waals surface area contributed by atoms with E-state index < -0.39 is 0 Å². The maximum Gasteiger partial charge on any atom is 0.0956 e. The lowest BCUT2D eigenvalue weighted by Crippen LogP contribution is -2.30. The van der Waals surface area contributed by atoms with Gasteiger partial charge in [0.05, 0.1) is 16.8 Å². The molecule has 2 nitrogen and oxygen atoms in total. The van der Waals surface area contributed by atoms with Crippen molar-refractivity contribution in [3.05, 3.63) is 15.6 Å². The average Bonchev–Trinajstić information content (AvgIpc) is 2.57. The molecule has 1 unspecified atom stereocenters. The van der Waals surface area contributed by atoms with Crippen molar-refractivity contribution in [2.45, 2.75) is 65.9 Å². The van der Waals surface area contributed by atoms with Gasteiger partial charge in [0.25, 0.3) is 0 Å². The minimum absolute atomic E-state index is 0.203. The highest BCUT2D eigenvalue weighted by Gasteiger charge is 2.30. The number of hydrogen-bond acceptors (Lipinski definition) is 3. The highest BCUT2D eigenvalue weighted by molar-refractivity contribution is 7.11. The van der Waals surface area contributed by atoms with Gasteiger partial charge in [0, 0.05) is 11.3 Å². The van der Waals surface area contributed by atoms with E-state index >= 15 is 0 Å². The number of rotatable bonds is 3. The van der Waals surface area contributed by atoms with Crippen LogP contribution in [0.2, 0.25) is 0 Å². The van der Waals surface area contributed by atoms with Gasteiger partial charge in [-0.15, -0.1) is 11.3 Å². The third-order valence-electron chi connectivity index (χ3n) is 4.38. The molecular formula is C15H25NOS. The van der Waals surface area contributed by atoms with Gasteiger partial charge in [0.1, 0.15) is 0 Å². The molecule has 1 N–H and O–H groups in total. The molecule has 1 aliphatic carbocycles. The first-order valence-electron chi connectivity index (χ1n) is 6.98. The van der Waals surface area contributed by atoms with E-state index in [9.17, 15) is 5.11 Å². The third-order valence-corrected chi connectivity index (χ3v) is 5.48. The molecule has 0 radical (unpaired) electrons. The maximum absolute atomic E-state index is 10.4. The van der Waals surface area contributed by atoms with Crippen LogP contribution in [0.4, 0.5) is 0 Å². The molecule has 0 aliphatic heterocycles. The molecule has 0 spiro atoms. The Labute approximate surface area is 114 Å². The number of nitrogens with zero attached hydrogens (tertiary/aromatic N) is 1. The van der Waals surface area contributed by atoms with E-state index in [1.807, 2.05) is 6.92 Å². The molecular weight excluding hydrogens is 242 g/mol. The summed E-state index contributed by atoms with van der Waals surface area (Å²) < 4.78 is 0. The average molecular weight is 267 g/mol. The first-order chi connectivity index (χ1) is 8.37. The summed E-state index contributed by atoms with van der Waals surface area (Å²) in [5.41, 5.74) is 1.59. The number of thiazole rings is 1. The number of aromatic nitrogens is 1. The number of hydrogen-bond donors (Lipinski definition) is 1. The molecule has 0 bridgehead atoms. The van der Waals surface area contributed by atoms with E-state index in [-0.39, 0.29) is 6.10 Å². The predicted molar refractivity (Wildman–Crippen MR) is 77.0 cm³/mol. The first kappa shape index (κ1) is 14.0. The summed E-state index contributed by atoms with van der Waals surface area (Å²) in [4.78, 5) is 5.81. The molecule has 18 heavy (non-hydrogen) atoms. The molecule has 2 rings (SSSR count). The Bertz CT molecular complexity index is 381. The lowest BCUT2D eigenvalue weighted by atomic mass is 9.71. The van der Waals surface area contributed by atoms with E-state index in [1.54, 1.807) is 11.3 Å². The fourth-order valence-electron chi connectivity index (χ4n) is 2.78. The zero-order valence-corrected chi connectivity index (χ0v) is 12.8. The summed E-state index contributed by atoms with van der Waals surface area (Å²) in [5, 5.41) is 11.5. The van der Waals surface area contributed by atoms with Gasteiger partial charge < -0.3 is 5.11 Å². The van der Waals surface area contributed by atoms with Crippen LogP contribution in [-0.4, -0.2) is 16.2 Å². The smallest absolute Gasteiger partial charge is 0.0956 e. The first-order valence-corrected chi connectivity index (χ1v) is 7.80. The predicted octanol–water partition coefficient (Wildman–Crippen LogP) is 3.88. The fourth-order valence-corrected chi connectivity index (χ4v) is 3.76. The second-order valence-corrected chi connectivity index (χ2v) is 7.81.